The Morgan fingerprint density at radius 1 is 1.33 bits per heavy atom. The molecule has 0 aromatic heterocycles. The van der Waals surface area contributed by atoms with Crippen LogP contribution in [0, 0.1) is 0 Å². The summed E-state index contributed by atoms with van der Waals surface area (Å²) < 4.78 is 0. The molecule has 1 atom stereocenters. The molecule has 0 aliphatic rings. The maximum absolute atomic E-state index is 11.1. The van der Waals surface area contributed by atoms with Gasteiger partial charge in [0, 0.05) is 12.5 Å². The number of rotatable bonds is 4. The first-order chi connectivity index (χ1) is 7.06. The Labute approximate surface area is 91.7 Å². The number of hydrogen-bond acceptors (Lipinski definition) is 1. The number of hydrogen-bond donors (Lipinski definition) is 1. The van der Waals surface area contributed by atoms with Crippen LogP contribution >= 0.6 is 0 Å². The first-order valence-corrected chi connectivity index (χ1v) is 5.38. The molecule has 0 saturated carbocycles. The van der Waals surface area contributed by atoms with Gasteiger partial charge >= 0.3 is 0 Å². The van der Waals surface area contributed by atoms with Gasteiger partial charge in [-0.25, -0.2) is 0 Å². The second kappa shape index (κ2) is 4.96. The number of nitrogens with one attached hydrogen (secondary N) is 1. The third-order valence-corrected chi connectivity index (χ3v) is 2.70. The molecular formula is C13H19NO. The van der Waals surface area contributed by atoms with Crippen molar-refractivity contribution in [2.45, 2.75) is 39.2 Å². The fraction of sp³-hybridized carbons (Fsp3) is 0.462. The average molecular weight is 205 g/mol. The van der Waals surface area contributed by atoms with Crippen molar-refractivity contribution in [3.8, 4) is 0 Å². The summed E-state index contributed by atoms with van der Waals surface area (Å²) >= 11 is 0. The van der Waals surface area contributed by atoms with Crippen LogP contribution in [0.3, 0.4) is 0 Å². The minimum Gasteiger partial charge on any atom is -0.351 e. The van der Waals surface area contributed by atoms with Crippen LogP contribution in [0.25, 0.3) is 0 Å². The van der Waals surface area contributed by atoms with E-state index in [1.165, 1.54) is 5.56 Å². The molecular weight excluding hydrogens is 186 g/mol. The van der Waals surface area contributed by atoms with E-state index >= 15 is 0 Å². The second-order valence-electron chi connectivity index (χ2n) is 4.26. The van der Waals surface area contributed by atoms with E-state index in [9.17, 15) is 4.79 Å². The van der Waals surface area contributed by atoms with Gasteiger partial charge < -0.3 is 5.32 Å². The molecule has 15 heavy (non-hydrogen) atoms. The molecule has 1 N–H and O–H groups in total. The summed E-state index contributed by atoms with van der Waals surface area (Å²) in [5.74, 6) is 0.0373. The first kappa shape index (κ1) is 11.8. The van der Waals surface area contributed by atoms with E-state index in [1.807, 2.05) is 18.2 Å². The number of amides is 1. The minimum absolute atomic E-state index is 0.0373. The van der Waals surface area contributed by atoms with Gasteiger partial charge in [-0.3, -0.25) is 4.79 Å². The van der Waals surface area contributed by atoms with Gasteiger partial charge in [0.1, 0.15) is 0 Å². The highest BCUT2D eigenvalue weighted by molar-refractivity contribution is 5.73. The van der Waals surface area contributed by atoms with Crippen LogP contribution in [0.15, 0.2) is 30.3 Å². The van der Waals surface area contributed by atoms with E-state index in [4.69, 9.17) is 0 Å². The van der Waals surface area contributed by atoms with Crippen molar-refractivity contribution in [2.24, 2.45) is 0 Å². The zero-order valence-corrected chi connectivity index (χ0v) is 9.71. The Balaban J connectivity index is 2.72. The molecule has 1 amide bonds. The van der Waals surface area contributed by atoms with E-state index in [0.29, 0.717) is 0 Å². The average Bonchev–Trinajstić information content (AvgIpc) is 2.18. The monoisotopic (exact) mass is 205 g/mol. The Bertz CT molecular complexity index is 321. The predicted molar refractivity (Wildman–Crippen MR) is 62.7 cm³/mol. The van der Waals surface area contributed by atoms with Crippen LogP contribution in [0.1, 0.15) is 32.8 Å². The summed E-state index contributed by atoms with van der Waals surface area (Å²) in [6.45, 7) is 5.75. The van der Waals surface area contributed by atoms with Crippen LogP contribution in [-0.2, 0) is 11.2 Å². The van der Waals surface area contributed by atoms with Gasteiger partial charge in [0.2, 0.25) is 5.91 Å². The molecule has 82 valence electrons. The fourth-order valence-electron chi connectivity index (χ4n) is 1.73. The maximum Gasteiger partial charge on any atom is 0.217 e. The van der Waals surface area contributed by atoms with Crippen LogP contribution < -0.4 is 5.32 Å². The lowest BCUT2D eigenvalue weighted by atomic mass is 9.90. The highest BCUT2D eigenvalue weighted by Gasteiger charge is 2.22. The van der Waals surface area contributed by atoms with Gasteiger partial charge in [-0.05, 0) is 25.3 Å². The van der Waals surface area contributed by atoms with Crippen LogP contribution in [-0.4, -0.2) is 11.4 Å². The SMILES string of the molecule is CCC(C)(Cc1ccccc1)NC(C)=O. The predicted octanol–water partition coefficient (Wildman–Crippen LogP) is 2.53. The highest BCUT2D eigenvalue weighted by atomic mass is 16.1. The van der Waals surface area contributed by atoms with Gasteiger partial charge in [-0.2, -0.15) is 0 Å². The lowest BCUT2D eigenvalue weighted by Gasteiger charge is -2.29. The van der Waals surface area contributed by atoms with Gasteiger partial charge in [0.25, 0.3) is 0 Å². The van der Waals surface area contributed by atoms with E-state index in [-0.39, 0.29) is 11.4 Å². The molecule has 0 heterocycles. The summed E-state index contributed by atoms with van der Waals surface area (Å²) in [6.07, 6.45) is 1.81. The Morgan fingerprint density at radius 3 is 2.40 bits per heavy atom. The van der Waals surface area contributed by atoms with E-state index < -0.39 is 0 Å². The summed E-state index contributed by atoms with van der Waals surface area (Å²) in [5.41, 5.74) is 1.13. The zero-order chi connectivity index (χ0) is 11.3. The van der Waals surface area contributed by atoms with Gasteiger partial charge in [-0.1, -0.05) is 37.3 Å². The molecule has 2 heteroatoms. The lowest BCUT2D eigenvalue weighted by Crippen LogP contribution is -2.46. The zero-order valence-electron chi connectivity index (χ0n) is 9.71. The van der Waals surface area contributed by atoms with Crippen molar-refractivity contribution in [1.29, 1.82) is 0 Å². The smallest absolute Gasteiger partial charge is 0.217 e. The molecule has 0 saturated heterocycles. The lowest BCUT2D eigenvalue weighted by molar-refractivity contribution is -0.120. The summed E-state index contributed by atoms with van der Waals surface area (Å²) in [5, 5.41) is 3.02. The van der Waals surface area contributed by atoms with Crippen molar-refractivity contribution in [1.82, 2.24) is 5.32 Å². The van der Waals surface area contributed by atoms with E-state index in [2.05, 4.69) is 31.3 Å². The topological polar surface area (TPSA) is 29.1 Å². The summed E-state index contributed by atoms with van der Waals surface area (Å²) in [4.78, 5) is 11.1. The number of carbonyl (C=O) groups is 1. The van der Waals surface area contributed by atoms with Crippen molar-refractivity contribution < 1.29 is 4.79 Å². The Hall–Kier alpha value is -1.31. The maximum atomic E-state index is 11.1. The third-order valence-electron chi connectivity index (χ3n) is 2.70. The molecule has 2 nitrogen and oxygen atoms in total. The van der Waals surface area contributed by atoms with Crippen LogP contribution in [0.2, 0.25) is 0 Å². The van der Waals surface area contributed by atoms with Gasteiger partial charge in [0.05, 0.1) is 0 Å². The Kier molecular flexibility index (Phi) is 3.89. The fourth-order valence-corrected chi connectivity index (χ4v) is 1.73. The molecule has 1 aromatic rings. The first-order valence-electron chi connectivity index (χ1n) is 5.38. The second-order valence-corrected chi connectivity index (χ2v) is 4.26. The molecule has 1 rings (SSSR count). The third kappa shape index (κ3) is 3.74. The molecule has 0 radical (unpaired) electrons. The molecule has 0 spiro atoms. The summed E-state index contributed by atoms with van der Waals surface area (Å²) in [7, 11) is 0. The van der Waals surface area contributed by atoms with Crippen molar-refractivity contribution in [3.63, 3.8) is 0 Å². The van der Waals surface area contributed by atoms with Crippen molar-refractivity contribution in [3.05, 3.63) is 35.9 Å². The molecule has 0 bridgehead atoms. The molecule has 0 fully saturated rings. The van der Waals surface area contributed by atoms with Crippen molar-refractivity contribution >= 4 is 5.91 Å². The van der Waals surface area contributed by atoms with Crippen molar-refractivity contribution in [2.75, 3.05) is 0 Å². The number of carbonyl (C=O) groups excluding carboxylic acids is 1. The quantitative estimate of drug-likeness (QED) is 0.804. The van der Waals surface area contributed by atoms with Gasteiger partial charge in [0.15, 0.2) is 0 Å². The molecule has 0 aliphatic heterocycles. The van der Waals surface area contributed by atoms with Gasteiger partial charge in [-0.15, -0.1) is 0 Å². The number of benzene rings is 1. The van der Waals surface area contributed by atoms with E-state index in [1.54, 1.807) is 6.92 Å². The standard InChI is InChI=1S/C13H19NO/c1-4-13(3,14-11(2)15)10-12-8-6-5-7-9-12/h5-9H,4,10H2,1-3H3,(H,14,15). The largest absolute Gasteiger partial charge is 0.351 e. The summed E-state index contributed by atoms with van der Waals surface area (Å²) in [6, 6.07) is 10.2. The molecule has 0 aliphatic carbocycles. The molecule has 1 aromatic carbocycles. The highest BCUT2D eigenvalue weighted by Crippen LogP contribution is 2.16. The van der Waals surface area contributed by atoms with E-state index in [0.717, 1.165) is 12.8 Å². The molecule has 1 unspecified atom stereocenters. The minimum atomic E-state index is -0.132. The van der Waals surface area contributed by atoms with Crippen LogP contribution in [0.5, 0.6) is 0 Å². The normalized spacial score (nSPS) is 14.3. The van der Waals surface area contributed by atoms with Crippen LogP contribution in [0.4, 0.5) is 0 Å². The Morgan fingerprint density at radius 2 is 1.93 bits per heavy atom.